The van der Waals surface area contributed by atoms with Crippen LogP contribution in [0, 0.1) is 10.1 Å². The Morgan fingerprint density at radius 3 is 2.90 bits per heavy atom. The SMILES string of the molecule is O=C(N[C@@H]1COc2nc([N+](=O)[O-])cn2C1)c1ccccc1. The second kappa shape index (κ2) is 5.23. The Hall–Kier alpha value is -2.90. The summed E-state index contributed by atoms with van der Waals surface area (Å²) in [6.07, 6.45) is 1.30. The van der Waals surface area contributed by atoms with E-state index in [-0.39, 0.29) is 30.4 Å². The van der Waals surface area contributed by atoms with Crippen LogP contribution in [0.25, 0.3) is 0 Å². The van der Waals surface area contributed by atoms with Gasteiger partial charge in [0.15, 0.2) is 0 Å². The standard InChI is InChI=1S/C13H12N4O4/c18-12(9-4-2-1-3-5-9)14-10-6-16-7-11(17(19)20)15-13(16)21-8-10/h1-5,7,10H,6,8H2,(H,14,18)/t10-/m0/s1. The summed E-state index contributed by atoms with van der Waals surface area (Å²) in [5.74, 6) is -0.470. The maximum atomic E-state index is 12.0. The van der Waals surface area contributed by atoms with Crippen molar-refractivity contribution in [1.29, 1.82) is 0 Å². The lowest BCUT2D eigenvalue weighted by atomic mass is 10.2. The van der Waals surface area contributed by atoms with Crippen LogP contribution in [0.3, 0.4) is 0 Å². The molecule has 1 N–H and O–H groups in total. The monoisotopic (exact) mass is 288 g/mol. The van der Waals surface area contributed by atoms with Crippen LogP contribution in [0.4, 0.5) is 5.82 Å². The number of hydrogen-bond donors (Lipinski definition) is 1. The number of hydrogen-bond acceptors (Lipinski definition) is 5. The molecule has 21 heavy (non-hydrogen) atoms. The van der Waals surface area contributed by atoms with Crippen molar-refractivity contribution in [1.82, 2.24) is 14.9 Å². The molecule has 0 fully saturated rings. The molecule has 3 rings (SSSR count). The highest BCUT2D eigenvalue weighted by molar-refractivity contribution is 5.94. The minimum absolute atomic E-state index is 0.201. The van der Waals surface area contributed by atoms with Gasteiger partial charge in [-0.2, -0.15) is 0 Å². The smallest absolute Gasteiger partial charge is 0.414 e. The summed E-state index contributed by atoms with van der Waals surface area (Å²) in [6, 6.07) is 8.76. The minimum atomic E-state index is -0.577. The molecule has 0 saturated carbocycles. The van der Waals surface area contributed by atoms with Gasteiger partial charge >= 0.3 is 11.8 Å². The molecule has 2 heterocycles. The van der Waals surface area contributed by atoms with Gasteiger partial charge in [-0.15, -0.1) is 0 Å². The summed E-state index contributed by atoms with van der Waals surface area (Å²) in [5, 5.41) is 13.5. The molecule has 1 aliphatic rings. The lowest BCUT2D eigenvalue weighted by Crippen LogP contribution is -2.44. The first-order chi connectivity index (χ1) is 10.1. The van der Waals surface area contributed by atoms with Crippen LogP contribution in [0.2, 0.25) is 0 Å². The number of nitro groups is 1. The Kier molecular flexibility index (Phi) is 3.27. The molecule has 0 saturated heterocycles. The average Bonchev–Trinajstić information content (AvgIpc) is 2.91. The van der Waals surface area contributed by atoms with Gasteiger partial charge in [-0.05, 0) is 17.1 Å². The number of carbonyl (C=O) groups excluding carboxylic acids is 1. The van der Waals surface area contributed by atoms with Crippen LogP contribution in [-0.4, -0.2) is 33.0 Å². The second-order valence-electron chi connectivity index (χ2n) is 4.64. The quantitative estimate of drug-likeness (QED) is 0.670. The van der Waals surface area contributed by atoms with Crippen molar-refractivity contribution in [3.05, 3.63) is 52.2 Å². The molecule has 108 valence electrons. The van der Waals surface area contributed by atoms with Crippen LogP contribution in [0.1, 0.15) is 10.4 Å². The van der Waals surface area contributed by atoms with Gasteiger partial charge in [0, 0.05) is 10.5 Å². The van der Waals surface area contributed by atoms with Crippen molar-refractivity contribution in [2.24, 2.45) is 0 Å². The van der Waals surface area contributed by atoms with Gasteiger partial charge in [-0.3, -0.25) is 9.36 Å². The summed E-state index contributed by atoms with van der Waals surface area (Å²) < 4.78 is 6.86. The molecular weight excluding hydrogens is 276 g/mol. The number of ether oxygens (including phenoxy) is 1. The Labute approximate surface area is 119 Å². The molecule has 1 aliphatic heterocycles. The lowest BCUT2D eigenvalue weighted by Gasteiger charge is -2.23. The van der Waals surface area contributed by atoms with Gasteiger partial charge in [-0.25, -0.2) is 0 Å². The third-order valence-corrected chi connectivity index (χ3v) is 3.12. The Morgan fingerprint density at radius 1 is 1.43 bits per heavy atom. The van der Waals surface area contributed by atoms with Gasteiger partial charge in [0.1, 0.15) is 12.8 Å². The number of nitrogens with zero attached hydrogens (tertiary/aromatic N) is 3. The Bertz CT molecular complexity index is 683. The number of nitrogens with one attached hydrogen (secondary N) is 1. The molecule has 0 aliphatic carbocycles. The molecule has 8 nitrogen and oxygen atoms in total. The first kappa shape index (κ1) is 13.1. The van der Waals surface area contributed by atoms with E-state index in [1.54, 1.807) is 24.3 Å². The molecule has 1 atom stereocenters. The molecule has 0 bridgehead atoms. The average molecular weight is 288 g/mol. The second-order valence-corrected chi connectivity index (χ2v) is 4.64. The fourth-order valence-corrected chi connectivity index (χ4v) is 2.13. The zero-order valence-corrected chi connectivity index (χ0v) is 10.9. The molecule has 2 aromatic rings. The zero-order valence-electron chi connectivity index (χ0n) is 10.9. The predicted octanol–water partition coefficient (Wildman–Crippen LogP) is 0.982. The number of rotatable bonds is 3. The Morgan fingerprint density at radius 2 is 2.19 bits per heavy atom. The number of amides is 1. The van der Waals surface area contributed by atoms with Gasteiger partial charge in [0.05, 0.1) is 12.6 Å². The third-order valence-electron chi connectivity index (χ3n) is 3.12. The minimum Gasteiger partial charge on any atom is -0.444 e. The summed E-state index contributed by atoms with van der Waals surface area (Å²) >= 11 is 0. The fourth-order valence-electron chi connectivity index (χ4n) is 2.13. The van der Waals surface area contributed by atoms with E-state index in [0.29, 0.717) is 12.1 Å². The molecule has 0 spiro atoms. The van der Waals surface area contributed by atoms with E-state index in [9.17, 15) is 14.9 Å². The van der Waals surface area contributed by atoms with E-state index < -0.39 is 4.92 Å². The van der Waals surface area contributed by atoms with E-state index in [1.165, 1.54) is 10.8 Å². The van der Waals surface area contributed by atoms with Crippen LogP contribution in [0.15, 0.2) is 36.5 Å². The van der Waals surface area contributed by atoms with Gasteiger partial charge in [0.2, 0.25) is 0 Å². The first-order valence-corrected chi connectivity index (χ1v) is 6.34. The van der Waals surface area contributed by atoms with Crippen molar-refractivity contribution in [3.8, 4) is 6.01 Å². The van der Waals surface area contributed by atoms with Crippen molar-refractivity contribution in [3.63, 3.8) is 0 Å². The van der Waals surface area contributed by atoms with E-state index in [0.717, 1.165) is 0 Å². The lowest BCUT2D eigenvalue weighted by molar-refractivity contribution is -0.389. The maximum absolute atomic E-state index is 12.0. The van der Waals surface area contributed by atoms with E-state index >= 15 is 0 Å². The Balaban J connectivity index is 1.69. The van der Waals surface area contributed by atoms with Crippen LogP contribution >= 0.6 is 0 Å². The van der Waals surface area contributed by atoms with Crippen LogP contribution in [-0.2, 0) is 6.54 Å². The zero-order chi connectivity index (χ0) is 14.8. The van der Waals surface area contributed by atoms with Gasteiger partial charge in [0.25, 0.3) is 5.91 Å². The number of aromatic nitrogens is 2. The van der Waals surface area contributed by atoms with Crippen molar-refractivity contribution in [2.45, 2.75) is 12.6 Å². The first-order valence-electron chi connectivity index (χ1n) is 6.34. The van der Waals surface area contributed by atoms with E-state index in [1.807, 2.05) is 6.07 Å². The topological polar surface area (TPSA) is 99.3 Å². The van der Waals surface area contributed by atoms with Crippen LogP contribution < -0.4 is 10.1 Å². The highest BCUT2D eigenvalue weighted by Gasteiger charge is 2.28. The summed E-state index contributed by atoms with van der Waals surface area (Å²) in [4.78, 5) is 25.9. The third kappa shape index (κ3) is 2.69. The molecule has 8 heteroatoms. The number of fused-ring (bicyclic) bond motifs is 1. The molecule has 1 aromatic carbocycles. The van der Waals surface area contributed by atoms with Gasteiger partial charge < -0.3 is 20.2 Å². The molecule has 1 amide bonds. The number of imidazole rings is 1. The van der Waals surface area contributed by atoms with Crippen LogP contribution in [0.5, 0.6) is 6.01 Å². The molecule has 1 aromatic heterocycles. The van der Waals surface area contributed by atoms with Crippen molar-refractivity contribution >= 4 is 11.7 Å². The van der Waals surface area contributed by atoms with Crippen molar-refractivity contribution in [2.75, 3.05) is 6.61 Å². The molecular formula is C13H12N4O4. The summed E-state index contributed by atoms with van der Waals surface area (Å²) in [7, 11) is 0. The predicted molar refractivity (Wildman–Crippen MR) is 72.1 cm³/mol. The normalized spacial score (nSPS) is 16.7. The number of carbonyl (C=O) groups is 1. The highest BCUT2D eigenvalue weighted by atomic mass is 16.6. The van der Waals surface area contributed by atoms with E-state index in [2.05, 4.69) is 10.3 Å². The maximum Gasteiger partial charge on any atom is 0.414 e. The largest absolute Gasteiger partial charge is 0.444 e. The summed E-state index contributed by atoms with van der Waals surface area (Å²) in [5.41, 5.74) is 0.555. The van der Waals surface area contributed by atoms with E-state index in [4.69, 9.17) is 4.74 Å². The molecule has 0 unspecified atom stereocenters. The fraction of sp³-hybridized carbons (Fsp3) is 0.231. The number of benzene rings is 1. The van der Waals surface area contributed by atoms with Gasteiger partial charge in [-0.1, -0.05) is 18.2 Å². The highest BCUT2D eigenvalue weighted by Crippen LogP contribution is 2.21. The van der Waals surface area contributed by atoms with Crippen molar-refractivity contribution < 1.29 is 14.5 Å². The molecule has 0 radical (unpaired) electrons. The summed E-state index contributed by atoms with van der Waals surface area (Å²) in [6.45, 7) is 0.613.